The van der Waals surface area contributed by atoms with Gasteiger partial charge in [-0.3, -0.25) is 20.2 Å². The molecule has 1 aliphatic heterocycles. The van der Waals surface area contributed by atoms with Crippen LogP contribution in [0.1, 0.15) is 32.6 Å². The fraction of sp³-hybridized carbons (Fsp3) is 0.667. The second-order valence-electron chi connectivity index (χ2n) is 4.20. The van der Waals surface area contributed by atoms with E-state index in [1.54, 1.807) is 0 Å². The van der Waals surface area contributed by atoms with Gasteiger partial charge < -0.3 is 5.32 Å². The van der Waals surface area contributed by atoms with Crippen molar-refractivity contribution in [1.29, 1.82) is 0 Å². The van der Waals surface area contributed by atoms with Gasteiger partial charge in [0.15, 0.2) is 0 Å². The van der Waals surface area contributed by atoms with Crippen LogP contribution in [0.2, 0.25) is 0 Å². The van der Waals surface area contributed by atoms with Crippen molar-refractivity contribution in [3.8, 4) is 0 Å². The van der Waals surface area contributed by atoms with Crippen molar-refractivity contribution < 1.29 is 9.59 Å². The van der Waals surface area contributed by atoms with Gasteiger partial charge in [-0.25, -0.2) is 0 Å². The van der Waals surface area contributed by atoms with Crippen LogP contribution >= 0.6 is 0 Å². The van der Waals surface area contributed by atoms with Crippen LogP contribution in [0.3, 0.4) is 0 Å². The lowest BCUT2D eigenvalue weighted by atomic mass is 10.1. The molecular formula is C12H21N3O2. The van der Waals surface area contributed by atoms with Gasteiger partial charge in [0.25, 0.3) is 0 Å². The van der Waals surface area contributed by atoms with Crippen LogP contribution in [-0.2, 0) is 9.59 Å². The highest BCUT2D eigenvalue weighted by atomic mass is 16.2. The number of imide groups is 1. The Balaban J connectivity index is 2.45. The molecule has 1 aliphatic rings. The number of rotatable bonds is 7. The SMILES string of the molecule is C=CCC(NCCC)NC1CCC(=O)NC1=O. The van der Waals surface area contributed by atoms with E-state index in [2.05, 4.69) is 29.5 Å². The zero-order valence-electron chi connectivity index (χ0n) is 10.3. The lowest BCUT2D eigenvalue weighted by molar-refractivity contribution is -0.134. The Kier molecular flexibility index (Phi) is 5.86. The number of amides is 2. The van der Waals surface area contributed by atoms with E-state index in [1.165, 1.54) is 0 Å². The summed E-state index contributed by atoms with van der Waals surface area (Å²) >= 11 is 0. The summed E-state index contributed by atoms with van der Waals surface area (Å²) in [6.45, 7) is 6.67. The minimum Gasteiger partial charge on any atom is -0.302 e. The minimum atomic E-state index is -0.290. The normalized spacial score (nSPS) is 22.1. The van der Waals surface area contributed by atoms with Crippen LogP contribution in [0.25, 0.3) is 0 Å². The highest BCUT2D eigenvalue weighted by Gasteiger charge is 2.27. The summed E-state index contributed by atoms with van der Waals surface area (Å²) in [6, 6.07) is -0.290. The molecule has 0 aromatic heterocycles. The van der Waals surface area contributed by atoms with Crippen LogP contribution in [0, 0.1) is 0 Å². The lowest BCUT2D eigenvalue weighted by Crippen LogP contribution is -2.56. The van der Waals surface area contributed by atoms with E-state index in [-0.39, 0.29) is 24.0 Å². The third-order valence-electron chi connectivity index (χ3n) is 2.68. The molecule has 0 aromatic carbocycles. The van der Waals surface area contributed by atoms with E-state index in [4.69, 9.17) is 0 Å². The summed E-state index contributed by atoms with van der Waals surface area (Å²) in [4.78, 5) is 22.6. The maximum absolute atomic E-state index is 11.6. The first-order chi connectivity index (χ1) is 8.17. The number of nitrogens with one attached hydrogen (secondary N) is 3. The van der Waals surface area contributed by atoms with Crippen LogP contribution in [-0.4, -0.2) is 30.6 Å². The van der Waals surface area contributed by atoms with Crippen molar-refractivity contribution in [2.45, 2.75) is 44.8 Å². The second kappa shape index (κ2) is 7.19. The third kappa shape index (κ3) is 4.66. The Morgan fingerprint density at radius 3 is 2.94 bits per heavy atom. The van der Waals surface area contributed by atoms with Gasteiger partial charge in [0, 0.05) is 6.42 Å². The smallest absolute Gasteiger partial charge is 0.243 e. The first kappa shape index (κ1) is 13.9. The van der Waals surface area contributed by atoms with Gasteiger partial charge >= 0.3 is 0 Å². The molecule has 5 heteroatoms. The molecular weight excluding hydrogens is 218 g/mol. The standard InChI is InChI=1S/C12H21N3O2/c1-3-5-10(13-8-4-2)14-9-6-7-11(16)15-12(9)17/h3,9-10,13-14H,1,4-8H2,2H3,(H,15,16,17). The summed E-state index contributed by atoms with van der Waals surface area (Å²) in [6.07, 6.45) is 4.59. The Morgan fingerprint density at radius 1 is 1.59 bits per heavy atom. The monoisotopic (exact) mass is 239 g/mol. The molecule has 2 unspecified atom stereocenters. The minimum absolute atomic E-state index is 0.0383. The molecule has 0 aliphatic carbocycles. The molecule has 1 saturated heterocycles. The van der Waals surface area contributed by atoms with Crippen molar-refractivity contribution in [1.82, 2.24) is 16.0 Å². The Morgan fingerprint density at radius 2 is 2.35 bits per heavy atom. The van der Waals surface area contributed by atoms with E-state index < -0.39 is 0 Å². The molecule has 2 atom stereocenters. The van der Waals surface area contributed by atoms with Gasteiger partial charge in [-0.2, -0.15) is 0 Å². The quantitative estimate of drug-likeness (QED) is 0.339. The Bertz CT molecular complexity index is 291. The fourth-order valence-electron chi connectivity index (χ4n) is 1.79. The predicted molar refractivity (Wildman–Crippen MR) is 66.2 cm³/mol. The molecule has 0 bridgehead atoms. The van der Waals surface area contributed by atoms with E-state index in [0.29, 0.717) is 12.8 Å². The molecule has 17 heavy (non-hydrogen) atoms. The zero-order chi connectivity index (χ0) is 12.7. The van der Waals surface area contributed by atoms with Crippen molar-refractivity contribution in [3.63, 3.8) is 0 Å². The molecule has 0 saturated carbocycles. The maximum atomic E-state index is 11.6. The highest BCUT2D eigenvalue weighted by Crippen LogP contribution is 2.05. The number of hydrogen-bond donors (Lipinski definition) is 3. The summed E-state index contributed by atoms with van der Waals surface area (Å²) < 4.78 is 0. The molecule has 1 heterocycles. The van der Waals surface area contributed by atoms with Gasteiger partial charge in [0.2, 0.25) is 11.8 Å². The van der Waals surface area contributed by atoms with Gasteiger partial charge in [-0.05, 0) is 25.8 Å². The van der Waals surface area contributed by atoms with E-state index in [9.17, 15) is 9.59 Å². The van der Waals surface area contributed by atoms with E-state index in [0.717, 1.165) is 19.4 Å². The van der Waals surface area contributed by atoms with Gasteiger partial charge in [-0.15, -0.1) is 6.58 Å². The predicted octanol–water partition coefficient (Wildman–Crippen LogP) is 0.283. The second-order valence-corrected chi connectivity index (χ2v) is 4.20. The Labute approximate surface area is 102 Å². The van der Waals surface area contributed by atoms with E-state index in [1.807, 2.05) is 6.08 Å². The molecule has 2 amide bonds. The van der Waals surface area contributed by atoms with E-state index >= 15 is 0 Å². The number of carbonyl (C=O) groups excluding carboxylic acids is 2. The van der Waals surface area contributed by atoms with Crippen LogP contribution < -0.4 is 16.0 Å². The van der Waals surface area contributed by atoms with Crippen LogP contribution in [0.4, 0.5) is 0 Å². The highest BCUT2D eigenvalue weighted by molar-refractivity contribution is 6.00. The lowest BCUT2D eigenvalue weighted by Gasteiger charge is -2.27. The van der Waals surface area contributed by atoms with Crippen molar-refractivity contribution in [2.24, 2.45) is 0 Å². The number of carbonyl (C=O) groups is 2. The first-order valence-electron chi connectivity index (χ1n) is 6.11. The number of hydrogen-bond acceptors (Lipinski definition) is 4. The van der Waals surface area contributed by atoms with Crippen LogP contribution in [0.15, 0.2) is 12.7 Å². The maximum Gasteiger partial charge on any atom is 0.243 e. The molecule has 5 nitrogen and oxygen atoms in total. The zero-order valence-corrected chi connectivity index (χ0v) is 10.3. The summed E-state index contributed by atoms with van der Waals surface area (Å²) in [7, 11) is 0. The summed E-state index contributed by atoms with van der Waals surface area (Å²) in [5.41, 5.74) is 0. The molecule has 0 aromatic rings. The molecule has 1 rings (SSSR count). The average molecular weight is 239 g/mol. The largest absolute Gasteiger partial charge is 0.302 e. The van der Waals surface area contributed by atoms with Gasteiger partial charge in [0.1, 0.15) is 0 Å². The Hall–Kier alpha value is -1.20. The summed E-state index contributed by atoms with van der Waals surface area (Å²) in [5.74, 6) is -0.413. The van der Waals surface area contributed by atoms with Crippen molar-refractivity contribution in [3.05, 3.63) is 12.7 Å². The van der Waals surface area contributed by atoms with Gasteiger partial charge in [-0.1, -0.05) is 13.0 Å². The average Bonchev–Trinajstić information content (AvgIpc) is 2.29. The molecule has 0 radical (unpaired) electrons. The first-order valence-corrected chi connectivity index (χ1v) is 6.11. The molecule has 0 spiro atoms. The number of piperidine rings is 1. The topological polar surface area (TPSA) is 70.2 Å². The summed E-state index contributed by atoms with van der Waals surface area (Å²) in [5, 5.41) is 8.86. The third-order valence-corrected chi connectivity index (χ3v) is 2.68. The fourth-order valence-corrected chi connectivity index (χ4v) is 1.79. The van der Waals surface area contributed by atoms with Gasteiger partial charge in [0.05, 0.1) is 12.2 Å². The van der Waals surface area contributed by atoms with Crippen molar-refractivity contribution >= 4 is 11.8 Å². The molecule has 96 valence electrons. The van der Waals surface area contributed by atoms with Crippen molar-refractivity contribution in [2.75, 3.05) is 6.54 Å². The molecule has 3 N–H and O–H groups in total. The molecule has 1 fully saturated rings. The van der Waals surface area contributed by atoms with Crippen LogP contribution in [0.5, 0.6) is 0 Å².